The van der Waals surface area contributed by atoms with Crippen LogP contribution < -0.4 is 4.74 Å². The zero-order valence-corrected chi connectivity index (χ0v) is 14.9. The molecule has 0 spiro atoms. The van der Waals surface area contributed by atoms with Crippen molar-refractivity contribution in [1.82, 2.24) is 4.57 Å². The van der Waals surface area contributed by atoms with Crippen LogP contribution >= 0.6 is 0 Å². The van der Waals surface area contributed by atoms with E-state index < -0.39 is 0 Å². The highest BCUT2D eigenvalue weighted by atomic mass is 16.5. The molecule has 2 nitrogen and oxygen atoms in total. The summed E-state index contributed by atoms with van der Waals surface area (Å²) in [5, 5.41) is 1.14. The number of hydrogen-bond acceptors (Lipinski definition) is 1. The van der Waals surface area contributed by atoms with Crippen molar-refractivity contribution in [2.75, 3.05) is 7.11 Å². The summed E-state index contributed by atoms with van der Waals surface area (Å²) in [6.07, 6.45) is 4.44. The van der Waals surface area contributed by atoms with E-state index in [0.717, 1.165) is 11.1 Å². The predicted molar refractivity (Wildman–Crippen MR) is 108 cm³/mol. The second-order valence-electron chi connectivity index (χ2n) is 6.75. The van der Waals surface area contributed by atoms with Crippen LogP contribution in [0.15, 0.2) is 72.9 Å². The number of methoxy groups -OCH3 is 1. The maximum atomic E-state index is 5.62. The summed E-state index contributed by atoms with van der Waals surface area (Å²) in [5.74, 6) is 0.908. The van der Waals surface area contributed by atoms with Crippen LogP contribution in [0.25, 0.3) is 28.2 Å². The summed E-state index contributed by atoms with van der Waals surface area (Å²) >= 11 is 0. The van der Waals surface area contributed by atoms with Crippen molar-refractivity contribution in [3.05, 3.63) is 95.2 Å². The third-order valence-corrected chi connectivity index (χ3v) is 5.18. The van der Waals surface area contributed by atoms with Gasteiger partial charge in [-0.1, -0.05) is 48.0 Å². The van der Waals surface area contributed by atoms with Gasteiger partial charge >= 0.3 is 0 Å². The maximum Gasteiger partial charge on any atom is 0.128 e. The molecule has 0 fully saturated rings. The molecule has 2 heteroatoms. The summed E-state index contributed by atoms with van der Waals surface area (Å²) in [4.78, 5) is 0. The van der Waals surface area contributed by atoms with Crippen molar-refractivity contribution >= 4 is 22.6 Å². The molecule has 126 valence electrons. The number of benzene rings is 3. The summed E-state index contributed by atoms with van der Waals surface area (Å²) in [5.41, 5.74) is 8.57. The molecule has 4 aromatic rings. The minimum absolute atomic E-state index is 0.908. The molecule has 0 amide bonds. The number of aromatic nitrogens is 1. The molecule has 26 heavy (non-hydrogen) atoms. The molecule has 0 unspecified atom stereocenters. The Kier molecular flexibility index (Phi) is 3.26. The first kappa shape index (κ1) is 15.0. The molecule has 0 atom stereocenters. The SMILES string of the molecule is COc1ccc2c3c1ccn3-c1ccccc1C=C2c1ccc(C)cc1. The van der Waals surface area contributed by atoms with Gasteiger partial charge in [0, 0.05) is 17.1 Å². The number of nitrogens with zero attached hydrogens (tertiary/aromatic N) is 1. The molecule has 3 aromatic carbocycles. The monoisotopic (exact) mass is 337 g/mol. The van der Waals surface area contributed by atoms with Crippen molar-refractivity contribution in [2.45, 2.75) is 6.92 Å². The maximum absolute atomic E-state index is 5.62. The Balaban J connectivity index is 1.91. The van der Waals surface area contributed by atoms with E-state index in [0.29, 0.717) is 0 Å². The van der Waals surface area contributed by atoms with Gasteiger partial charge in [0.05, 0.1) is 18.3 Å². The summed E-state index contributed by atoms with van der Waals surface area (Å²) < 4.78 is 7.90. The van der Waals surface area contributed by atoms with E-state index >= 15 is 0 Å². The van der Waals surface area contributed by atoms with Crippen molar-refractivity contribution < 1.29 is 4.74 Å². The Morgan fingerprint density at radius 2 is 1.65 bits per heavy atom. The van der Waals surface area contributed by atoms with E-state index in [-0.39, 0.29) is 0 Å². The zero-order chi connectivity index (χ0) is 17.7. The number of para-hydroxylation sites is 1. The van der Waals surface area contributed by atoms with E-state index in [9.17, 15) is 0 Å². The number of aryl methyl sites for hydroxylation is 1. The molecule has 0 saturated heterocycles. The predicted octanol–water partition coefficient (Wildman–Crippen LogP) is 5.85. The van der Waals surface area contributed by atoms with Crippen molar-refractivity contribution in [1.29, 1.82) is 0 Å². The highest BCUT2D eigenvalue weighted by Gasteiger charge is 2.20. The molecule has 0 aliphatic carbocycles. The molecule has 1 aromatic heterocycles. The van der Waals surface area contributed by atoms with Crippen LogP contribution in [0.3, 0.4) is 0 Å². The number of ether oxygens (including phenoxy) is 1. The second-order valence-corrected chi connectivity index (χ2v) is 6.75. The van der Waals surface area contributed by atoms with Crippen molar-refractivity contribution in [2.24, 2.45) is 0 Å². The van der Waals surface area contributed by atoms with Crippen LogP contribution in [0.1, 0.15) is 22.3 Å². The number of fused-ring (bicyclic) bond motifs is 2. The molecular weight excluding hydrogens is 318 g/mol. The normalized spacial score (nSPS) is 12.5. The summed E-state index contributed by atoms with van der Waals surface area (Å²) in [6, 6.07) is 23.7. The first-order valence-electron chi connectivity index (χ1n) is 8.83. The highest BCUT2D eigenvalue weighted by Crippen LogP contribution is 2.40. The molecule has 0 bridgehead atoms. The molecule has 1 aliphatic heterocycles. The molecular formula is C24H19NO. The Labute approximate surface area is 153 Å². The van der Waals surface area contributed by atoms with E-state index in [1.165, 1.54) is 39.0 Å². The topological polar surface area (TPSA) is 14.2 Å². The van der Waals surface area contributed by atoms with Crippen LogP contribution in [0.2, 0.25) is 0 Å². The van der Waals surface area contributed by atoms with E-state index in [1.54, 1.807) is 7.11 Å². The van der Waals surface area contributed by atoms with Gasteiger partial charge < -0.3 is 9.30 Å². The lowest BCUT2D eigenvalue weighted by molar-refractivity contribution is 0.420. The fourth-order valence-corrected chi connectivity index (χ4v) is 3.86. The average Bonchev–Trinajstić information content (AvgIpc) is 3.06. The second kappa shape index (κ2) is 5.63. The minimum atomic E-state index is 0.908. The Bertz CT molecular complexity index is 1160. The first-order valence-corrected chi connectivity index (χ1v) is 8.83. The third kappa shape index (κ3) is 2.12. The molecule has 0 saturated carbocycles. The van der Waals surface area contributed by atoms with Crippen LogP contribution in [0, 0.1) is 6.92 Å². The third-order valence-electron chi connectivity index (χ3n) is 5.18. The van der Waals surface area contributed by atoms with Crippen molar-refractivity contribution in [3.8, 4) is 11.4 Å². The van der Waals surface area contributed by atoms with E-state index in [1.807, 2.05) is 0 Å². The van der Waals surface area contributed by atoms with Gasteiger partial charge in [-0.25, -0.2) is 0 Å². The van der Waals surface area contributed by atoms with E-state index in [2.05, 4.69) is 90.5 Å². The quantitative estimate of drug-likeness (QED) is 0.394. The zero-order valence-electron chi connectivity index (χ0n) is 14.9. The smallest absolute Gasteiger partial charge is 0.128 e. The molecule has 5 rings (SSSR count). The van der Waals surface area contributed by atoms with Gasteiger partial charge in [-0.3, -0.25) is 0 Å². The Hall–Kier alpha value is -3.26. The van der Waals surface area contributed by atoms with Crippen LogP contribution in [0.4, 0.5) is 0 Å². The summed E-state index contributed by atoms with van der Waals surface area (Å²) in [7, 11) is 1.73. The van der Waals surface area contributed by atoms with Crippen LogP contribution in [-0.2, 0) is 0 Å². The molecule has 1 aliphatic rings. The highest BCUT2D eigenvalue weighted by molar-refractivity contribution is 6.06. The fraction of sp³-hybridized carbons (Fsp3) is 0.0833. The summed E-state index contributed by atoms with van der Waals surface area (Å²) in [6.45, 7) is 2.12. The van der Waals surface area contributed by atoms with Gasteiger partial charge in [0.1, 0.15) is 5.75 Å². The van der Waals surface area contributed by atoms with Gasteiger partial charge in [-0.05, 0) is 54.0 Å². The van der Waals surface area contributed by atoms with Gasteiger partial charge in [0.15, 0.2) is 0 Å². The van der Waals surface area contributed by atoms with Crippen LogP contribution in [0.5, 0.6) is 5.75 Å². The molecule has 2 heterocycles. The number of hydrogen-bond donors (Lipinski definition) is 0. The van der Waals surface area contributed by atoms with Gasteiger partial charge in [-0.15, -0.1) is 0 Å². The average molecular weight is 337 g/mol. The lowest BCUT2D eigenvalue weighted by Crippen LogP contribution is -1.96. The fourth-order valence-electron chi connectivity index (χ4n) is 3.86. The van der Waals surface area contributed by atoms with Gasteiger partial charge in [-0.2, -0.15) is 0 Å². The Morgan fingerprint density at radius 3 is 2.46 bits per heavy atom. The van der Waals surface area contributed by atoms with Gasteiger partial charge in [0.25, 0.3) is 0 Å². The molecule has 0 N–H and O–H groups in total. The standard InChI is InChI=1S/C24H19NO/c1-16-7-9-17(10-8-16)21-15-18-5-3-4-6-22(18)25-14-13-20-23(26-2)12-11-19(21)24(20)25/h3-15H,1-2H3. The Morgan fingerprint density at radius 1 is 0.846 bits per heavy atom. The first-order chi connectivity index (χ1) is 12.8. The largest absolute Gasteiger partial charge is 0.496 e. The molecule has 0 radical (unpaired) electrons. The van der Waals surface area contributed by atoms with Crippen LogP contribution in [-0.4, -0.2) is 11.7 Å². The lowest BCUT2D eigenvalue weighted by Gasteiger charge is -2.12. The number of rotatable bonds is 2. The van der Waals surface area contributed by atoms with Gasteiger partial charge in [0.2, 0.25) is 0 Å². The van der Waals surface area contributed by atoms with E-state index in [4.69, 9.17) is 4.74 Å². The van der Waals surface area contributed by atoms with Crippen molar-refractivity contribution in [3.63, 3.8) is 0 Å². The minimum Gasteiger partial charge on any atom is -0.496 e. The lowest BCUT2D eigenvalue weighted by atomic mass is 9.94.